The molecular formula is C18H15Cl2F3N4O3. The number of pyridine rings is 1. The third-order valence-electron chi connectivity index (χ3n) is 4.58. The first-order chi connectivity index (χ1) is 14.1. The maximum Gasteiger partial charge on any atom is 0.416 e. The van der Waals surface area contributed by atoms with Gasteiger partial charge in [0.25, 0.3) is 0 Å². The summed E-state index contributed by atoms with van der Waals surface area (Å²) >= 11 is 12.2. The van der Waals surface area contributed by atoms with Gasteiger partial charge in [-0.25, -0.2) is 9.78 Å². The molecule has 3 rings (SSSR count). The standard InChI is InChI=1S/C18H15Cl2F3N4O3/c19-13-2-1-11(18(21,22)23)8-12(13)15(25-30)26-3-5-27(6-4-26)16-14(20)7-10(9-24-16)17(28)29/h1-2,7-9,30H,3-6H2,(H,28,29). The summed E-state index contributed by atoms with van der Waals surface area (Å²) in [6.45, 7) is 1.28. The van der Waals surface area contributed by atoms with Gasteiger partial charge in [-0.1, -0.05) is 28.4 Å². The molecule has 0 radical (unpaired) electrons. The fourth-order valence-electron chi connectivity index (χ4n) is 3.07. The monoisotopic (exact) mass is 462 g/mol. The Morgan fingerprint density at radius 1 is 1.10 bits per heavy atom. The van der Waals surface area contributed by atoms with Crippen molar-refractivity contribution in [2.24, 2.45) is 5.16 Å². The van der Waals surface area contributed by atoms with Crippen molar-refractivity contribution in [3.8, 4) is 0 Å². The zero-order valence-electron chi connectivity index (χ0n) is 15.2. The summed E-state index contributed by atoms with van der Waals surface area (Å²) in [7, 11) is 0. The van der Waals surface area contributed by atoms with Gasteiger partial charge in [0, 0.05) is 37.9 Å². The van der Waals surface area contributed by atoms with Crippen molar-refractivity contribution in [1.82, 2.24) is 9.88 Å². The van der Waals surface area contributed by atoms with Crippen LogP contribution in [0.4, 0.5) is 19.0 Å². The molecular weight excluding hydrogens is 448 g/mol. The zero-order valence-corrected chi connectivity index (χ0v) is 16.7. The van der Waals surface area contributed by atoms with Gasteiger partial charge >= 0.3 is 12.1 Å². The van der Waals surface area contributed by atoms with Crippen molar-refractivity contribution in [3.05, 3.63) is 57.2 Å². The van der Waals surface area contributed by atoms with Crippen LogP contribution in [0, 0.1) is 0 Å². The lowest BCUT2D eigenvalue weighted by atomic mass is 10.1. The number of nitrogens with zero attached hydrogens (tertiary/aromatic N) is 4. The number of benzene rings is 1. The molecule has 1 aliphatic rings. The molecule has 1 aromatic heterocycles. The number of carboxylic acid groups (broad SMARTS) is 1. The average Bonchev–Trinajstić information content (AvgIpc) is 2.69. The quantitative estimate of drug-likeness (QED) is 0.309. The van der Waals surface area contributed by atoms with E-state index in [9.17, 15) is 23.2 Å². The van der Waals surface area contributed by atoms with Gasteiger partial charge in [0.1, 0.15) is 5.82 Å². The number of hydrogen-bond acceptors (Lipinski definition) is 5. The highest BCUT2D eigenvalue weighted by Crippen LogP contribution is 2.33. The Morgan fingerprint density at radius 3 is 2.30 bits per heavy atom. The second-order valence-corrected chi connectivity index (χ2v) is 7.24. The topological polar surface area (TPSA) is 89.3 Å². The molecule has 0 aliphatic carbocycles. The summed E-state index contributed by atoms with van der Waals surface area (Å²) in [5.74, 6) is -0.838. The van der Waals surface area contributed by atoms with E-state index in [1.807, 2.05) is 0 Å². The highest BCUT2D eigenvalue weighted by atomic mass is 35.5. The Hall–Kier alpha value is -2.72. The normalized spacial score (nSPS) is 15.4. The second kappa shape index (κ2) is 8.57. The van der Waals surface area contributed by atoms with E-state index in [1.165, 1.54) is 12.3 Å². The minimum atomic E-state index is -4.57. The van der Waals surface area contributed by atoms with Crippen LogP contribution in [-0.4, -0.2) is 58.2 Å². The van der Waals surface area contributed by atoms with Crippen LogP contribution in [0.25, 0.3) is 0 Å². The minimum absolute atomic E-state index is 0.0206. The van der Waals surface area contributed by atoms with Gasteiger partial charge in [0.05, 0.1) is 21.2 Å². The number of rotatable bonds is 3. The Bertz CT molecular complexity index is 993. The van der Waals surface area contributed by atoms with Crippen LogP contribution >= 0.6 is 23.2 Å². The number of aromatic nitrogens is 1. The van der Waals surface area contributed by atoms with Crippen LogP contribution in [-0.2, 0) is 6.18 Å². The SMILES string of the molecule is O=C(O)c1cnc(N2CCN(C(=NO)c3cc(C(F)(F)F)ccc3Cl)CC2)c(Cl)c1. The van der Waals surface area contributed by atoms with Gasteiger partial charge < -0.3 is 20.1 Å². The fraction of sp³-hybridized carbons (Fsp3) is 0.278. The van der Waals surface area contributed by atoms with E-state index in [4.69, 9.17) is 28.3 Å². The number of hydrogen-bond donors (Lipinski definition) is 2. The number of oxime groups is 1. The maximum atomic E-state index is 13.0. The number of anilines is 1. The van der Waals surface area contributed by atoms with Crippen molar-refractivity contribution in [1.29, 1.82) is 0 Å². The molecule has 2 N–H and O–H groups in total. The Kier molecular flexibility index (Phi) is 6.27. The van der Waals surface area contributed by atoms with Gasteiger partial charge in [-0.3, -0.25) is 0 Å². The van der Waals surface area contributed by atoms with E-state index in [0.717, 1.165) is 18.2 Å². The molecule has 2 aromatic rings. The number of alkyl halides is 3. The van der Waals surface area contributed by atoms with Crippen LogP contribution in [0.2, 0.25) is 10.0 Å². The molecule has 2 heterocycles. The minimum Gasteiger partial charge on any atom is -0.478 e. The van der Waals surface area contributed by atoms with Gasteiger partial charge in [-0.05, 0) is 24.3 Å². The van der Waals surface area contributed by atoms with Crippen molar-refractivity contribution in [2.75, 3.05) is 31.1 Å². The average molecular weight is 463 g/mol. The van der Waals surface area contributed by atoms with Crippen molar-refractivity contribution < 1.29 is 28.3 Å². The summed E-state index contributed by atoms with van der Waals surface area (Å²) in [5.41, 5.74) is -0.989. The van der Waals surface area contributed by atoms with Gasteiger partial charge in [-0.15, -0.1) is 0 Å². The first kappa shape index (κ1) is 22.0. The summed E-state index contributed by atoms with van der Waals surface area (Å²) < 4.78 is 39.1. The number of carbonyl (C=O) groups is 1. The van der Waals surface area contributed by atoms with Gasteiger partial charge in [0.15, 0.2) is 5.84 Å². The summed E-state index contributed by atoms with van der Waals surface area (Å²) in [6.07, 6.45) is -3.37. The molecule has 160 valence electrons. The highest BCUT2D eigenvalue weighted by molar-refractivity contribution is 6.34. The van der Waals surface area contributed by atoms with Gasteiger partial charge in [0.2, 0.25) is 0 Å². The molecule has 0 unspecified atom stereocenters. The lowest BCUT2D eigenvalue weighted by Crippen LogP contribution is -2.49. The number of aromatic carboxylic acids is 1. The zero-order chi connectivity index (χ0) is 22.1. The third kappa shape index (κ3) is 4.54. The molecule has 0 bridgehead atoms. The van der Waals surface area contributed by atoms with Crippen LogP contribution < -0.4 is 4.90 Å². The summed E-state index contributed by atoms with van der Waals surface area (Å²) in [6, 6.07) is 4.09. The Balaban J connectivity index is 1.78. The fourth-order valence-corrected chi connectivity index (χ4v) is 3.56. The Morgan fingerprint density at radius 2 is 1.77 bits per heavy atom. The van der Waals surface area contributed by atoms with E-state index in [1.54, 1.807) is 9.80 Å². The molecule has 30 heavy (non-hydrogen) atoms. The van der Waals surface area contributed by atoms with Crippen LogP contribution in [0.15, 0.2) is 35.6 Å². The van der Waals surface area contributed by atoms with E-state index in [2.05, 4.69) is 10.1 Å². The first-order valence-corrected chi connectivity index (χ1v) is 9.35. The van der Waals surface area contributed by atoms with E-state index >= 15 is 0 Å². The molecule has 0 spiro atoms. The van der Waals surface area contributed by atoms with Crippen molar-refractivity contribution >= 4 is 40.8 Å². The maximum absolute atomic E-state index is 13.0. The Labute approximate surface area is 178 Å². The van der Waals surface area contributed by atoms with Crippen molar-refractivity contribution in [2.45, 2.75) is 6.18 Å². The molecule has 1 saturated heterocycles. The highest BCUT2D eigenvalue weighted by Gasteiger charge is 2.32. The molecule has 7 nitrogen and oxygen atoms in total. The smallest absolute Gasteiger partial charge is 0.416 e. The van der Waals surface area contributed by atoms with Crippen LogP contribution in [0.3, 0.4) is 0 Å². The molecule has 1 fully saturated rings. The molecule has 0 atom stereocenters. The molecule has 12 heteroatoms. The molecule has 0 saturated carbocycles. The number of carboxylic acids is 1. The van der Waals surface area contributed by atoms with E-state index in [-0.39, 0.29) is 40.1 Å². The third-order valence-corrected chi connectivity index (χ3v) is 5.18. The second-order valence-electron chi connectivity index (χ2n) is 6.42. The van der Waals surface area contributed by atoms with Crippen LogP contribution in [0.1, 0.15) is 21.5 Å². The number of halogens is 5. The predicted octanol–water partition coefficient (Wildman–Crippen LogP) is 4.06. The summed E-state index contributed by atoms with van der Waals surface area (Å²) in [4.78, 5) is 18.5. The molecule has 1 aromatic carbocycles. The lowest BCUT2D eigenvalue weighted by Gasteiger charge is -2.37. The predicted molar refractivity (Wildman–Crippen MR) is 105 cm³/mol. The van der Waals surface area contributed by atoms with Crippen molar-refractivity contribution in [3.63, 3.8) is 0 Å². The number of amidine groups is 1. The van der Waals surface area contributed by atoms with Gasteiger partial charge in [-0.2, -0.15) is 13.2 Å². The number of piperazine rings is 1. The summed E-state index contributed by atoms with van der Waals surface area (Å²) in [5, 5.41) is 21.8. The van der Waals surface area contributed by atoms with E-state index in [0.29, 0.717) is 18.9 Å². The molecule has 0 amide bonds. The van der Waals surface area contributed by atoms with E-state index < -0.39 is 17.7 Å². The lowest BCUT2D eigenvalue weighted by molar-refractivity contribution is -0.137. The van der Waals surface area contributed by atoms with Crippen LogP contribution in [0.5, 0.6) is 0 Å². The first-order valence-electron chi connectivity index (χ1n) is 8.59. The largest absolute Gasteiger partial charge is 0.478 e. The molecule has 1 aliphatic heterocycles.